The lowest BCUT2D eigenvalue weighted by molar-refractivity contribution is 0.582. The predicted octanol–water partition coefficient (Wildman–Crippen LogP) is 3.66. The summed E-state index contributed by atoms with van der Waals surface area (Å²) in [5, 5.41) is 4.39. The Morgan fingerprint density at radius 1 is 1.10 bits per heavy atom. The Hall–Kier alpha value is -2.10. The Bertz CT molecular complexity index is 1130. The lowest BCUT2D eigenvalue weighted by atomic mass is 9.97. The van der Waals surface area contributed by atoms with Gasteiger partial charge in [0.1, 0.15) is 22.3 Å². The molecule has 1 aliphatic carbocycles. The number of nitrogens with zero attached hydrogens (tertiary/aromatic N) is 2. The van der Waals surface area contributed by atoms with Crippen molar-refractivity contribution in [2.75, 3.05) is 18.4 Å². The maximum atomic E-state index is 13.0. The molecule has 0 radical (unpaired) electrons. The highest BCUT2D eigenvalue weighted by Crippen LogP contribution is 2.38. The summed E-state index contributed by atoms with van der Waals surface area (Å²) in [5.74, 6) is 1.10. The minimum atomic E-state index is -3.68. The highest BCUT2D eigenvalue weighted by molar-refractivity contribution is 7.89. The van der Waals surface area contributed by atoms with Crippen molar-refractivity contribution in [1.29, 1.82) is 0 Å². The Balaban J connectivity index is 1.49. The lowest BCUT2D eigenvalue weighted by Gasteiger charge is -2.13. The van der Waals surface area contributed by atoms with Gasteiger partial charge in [0.15, 0.2) is 0 Å². The molecule has 1 aromatic carbocycles. The van der Waals surface area contributed by atoms with Crippen LogP contribution in [-0.4, -0.2) is 31.5 Å². The molecule has 0 atom stereocenters. The van der Waals surface area contributed by atoms with Crippen LogP contribution in [0.2, 0.25) is 0 Å². The molecule has 0 unspecified atom stereocenters. The van der Waals surface area contributed by atoms with Gasteiger partial charge in [0, 0.05) is 24.4 Å². The first-order valence-electron chi connectivity index (χ1n) is 9.78. The molecule has 0 amide bonds. The number of aromatic nitrogens is 2. The first-order valence-corrected chi connectivity index (χ1v) is 12.1. The molecule has 0 bridgehead atoms. The minimum absolute atomic E-state index is 0.0449. The first kappa shape index (κ1) is 20.2. The molecule has 9 heteroatoms. The van der Waals surface area contributed by atoms with Gasteiger partial charge in [-0.25, -0.2) is 27.5 Å². The van der Waals surface area contributed by atoms with Gasteiger partial charge in [0.2, 0.25) is 10.0 Å². The highest BCUT2D eigenvalue weighted by Gasteiger charge is 2.21. The molecule has 2 aromatic heterocycles. The van der Waals surface area contributed by atoms with Gasteiger partial charge in [-0.3, -0.25) is 0 Å². The number of benzene rings is 1. The Labute approximate surface area is 173 Å². The zero-order valence-corrected chi connectivity index (χ0v) is 17.8. The third kappa shape index (κ3) is 4.26. The Morgan fingerprint density at radius 3 is 2.62 bits per heavy atom. The van der Waals surface area contributed by atoms with Crippen molar-refractivity contribution < 1.29 is 12.8 Å². The van der Waals surface area contributed by atoms with Crippen molar-refractivity contribution in [2.24, 2.45) is 0 Å². The fourth-order valence-corrected chi connectivity index (χ4v) is 5.86. The number of thiophene rings is 1. The number of fused-ring (bicyclic) bond motifs is 3. The van der Waals surface area contributed by atoms with Crippen LogP contribution in [0.3, 0.4) is 0 Å². The van der Waals surface area contributed by atoms with E-state index in [1.165, 1.54) is 35.4 Å². The molecule has 154 valence electrons. The quantitative estimate of drug-likeness (QED) is 0.555. The van der Waals surface area contributed by atoms with Crippen molar-refractivity contribution in [3.8, 4) is 0 Å². The lowest BCUT2D eigenvalue weighted by Crippen LogP contribution is -2.29. The molecular formula is C20H23FN4O2S2. The monoisotopic (exact) mass is 434 g/mol. The second kappa shape index (κ2) is 8.33. The van der Waals surface area contributed by atoms with Gasteiger partial charge in [-0.15, -0.1) is 11.3 Å². The predicted molar refractivity (Wildman–Crippen MR) is 114 cm³/mol. The normalized spacial score (nSPS) is 14.1. The number of anilines is 1. The topological polar surface area (TPSA) is 84.0 Å². The standard InChI is InChI=1S/C20H23FN4O2S2/c1-2-17-24-19(18-15-5-3-4-6-16(15)28-20(18)25-17)22-11-12-23-29(26,27)14-9-7-13(21)8-10-14/h7-10,23H,2-6,11-12H2,1H3,(H,22,24,25). The summed E-state index contributed by atoms with van der Waals surface area (Å²) in [4.78, 5) is 11.8. The van der Waals surface area contributed by atoms with E-state index in [0.29, 0.717) is 6.54 Å². The zero-order chi connectivity index (χ0) is 20.4. The van der Waals surface area contributed by atoms with Crippen molar-refractivity contribution in [2.45, 2.75) is 43.9 Å². The summed E-state index contributed by atoms with van der Waals surface area (Å²) in [6.07, 6.45) is 5.25. The molecule has 0 spiro atoms. The number of rotatable bonds is 7. The highest BCUT2D eigenvalue weighted by atomic mass is 32.2. The summed E-state index contributed by atoms with van der Waals surface area (Å²) in [6.45, 7) is 2.61. The van der Waals surface area contributed by atoms with E-state index in [2.05, 4.69) is 15.0 Å². The smallest absolute Gasteiger partial charge is 0.240 e. The van der Waals surface area contributed by atoms with Gasteiger partial charge in [-0.05, 0) is 55.5 Å². The largest absolute Gasteiger partial charge is 0.368 e. The average molecular weight is 435 g/mol. The van der Waals surface area contributed by atoms with Gasteiger partial charge in [0.05, 0.1) is 10.3 Å². The van der Waals surface area contributed by atoms with E-state index < -0.39 is 15.8 Å². The van der Waals surface area contributed by atoms with E-state index in [1.54, 1.807) is 11.3 Å². The van der Waals surface area contributed by atoms with E-state index in [1.807, 2.05) is 6.92 Å². The summed E-state index contributed by atoms with van der Waals surface area (Å²) < 4.78 is 40.2. The van der Waals surface area contributed by atoms with Crippen molar-refractivity contribution in [1.82, 2.24) is 14.7 Å². The Morgan fingerprint density at radius 2 is 1.86 bits per heavy atom. The van der Waals surface area contributed by atoms with Crippen molar-refractivity contribution >= 4 is 37.4 Å². The molecule has 2 N–H and O–H groups in total. The number of nitrogens with one attached hydrogen (secondary N) is 2. The van der Waals surface area contributed by atoms with Crippen molar-refractivity contribution in [3.05, 3.63) is 46.3 Å². The third-order valence-electron chi connectivity index (χ3n) is 5.01. The van der Waals surface area contributed by atoms with Crippen LogP contribution in [0.15, 0.2) is 29.2 Å². The zero-order valence-electron chi connectivity index (χ0n) is 16.2. The molecule has 0 aliphatic heterocycles. The van der Waals surface area contributed by atoms with Crippen LogP contribution in [0.1, 0.15) is 36.0 Å². The second-order valence-electron chi connectivity index (χ2n) is 7.01. The first-order chi connectivity index (χ1) is 14.0. The van der Waals surface area contributed by atoms with Gasteiger partial charge in [-0.1, -0.05) is 6.92 Å². The van der Waals surface area contributed by atoms with E-state index in [-0.39, 0.29) is 11.4 Å². The average Bonchev–Trinajstić information content (AvgIpc) is 3.10. The molecule has 1 aliphatic rings. The number of hydrogen-bond donors (Lipinski definition) is 2. The van der Waals surface area contributed by atoms with Crippen LogP contribution in [0.4, 0.5) is 10.2 Å². The molecule has 0 saturated heterocycles. The van der Waals surface area contributed by atoms with E-state index in [4.69, 9.17) is 4.98 Å². The van der Waals surface area contributed by atoms with E-state index in [9.17, 15) is 12.8 Å². The number of halogens is 1. The molecule has 6 nitrogen and oxygen atoms in total. The van der Waals surface area contributed by atoms with Crippen LogP contribution >= 0.6 is 11.3 Å². The molecule has 3 aromatic rings. The summed E-state index contributed by atoms with van der Waals surface area (Å²) in [7, 11) is -3.68. The number of sulfonamides is 1. The maximum Gasteiger partial charge on any atom is 0.240 e. The van der Waals surface area contributed by atoms with Crippen LogP contribution in [-0.2, 0) is 29.3 Å². The molecule has 4 rings (SSSR count). The van der Waals surface area contributed by atoms with E-state index >= 15 is 0 Å². The Kier molecular flexibility index (Phi) is 5.80. The van der Waals surface area contributed by atoms with Gasteiger partial charge in [0.25, 0.3) is 0 Å². The minimum Gasteiger partial charge on any atom is -0.368 e. The van der Waals surface area contributed by atoms with Gasteiger partial charge < -0.3 is 5.32 Å². The van der Waals surface area contributed by atoms with Gasteiger partial charge in [-0.2, -0.15) is 0 Å². The molecule has 0 fully saturated rings. The van der Waals surface area contributed by atoms with E-state index in [0.717, 1.165) is 53.3 Å². The second-order valence-corrected chi connectivity index (χ2v) is 9.86. The van der Waals surface area contributed by atoms with Crippen molar-refractivity contribution in [3.63, 3.8) is 0 Å². The molecule has 29 heavy (non-hydrogen) atoms. The summed E-state index contributed by atoms with van der Waals surface area (Å²) in [6, 6.07) is 4.78. The summed E-state index contributed by atoms with van der Waals surface area (Å²) >= 11 is 1.75. The fourth-order valence-electron chi connectivity index (χ4n) is 3.55. The molecular weight excluding hydrogens is 411 g/mol. The van der Waals surface area contributed by atoms with Crippen LogP contribution < -0.4 is 10.0 Å². The SMILES string of the molecule is CCc1nc(NCCNS(=O)(=O)c2ccc(F)cc2)c2c3c(sc2n1)CCCC3. The van der Waals surface area contributed by atoms with Gasteiger partial charge >= 0.3 is 0 Å². The van der Waals surface area contributed by atoms with Crippen LogP contribution in [0, 0.1) is 5.82 Å². The molecule has 0 saturated carbocycles. The summed E-state index contributed by atoms with van der Waals surface area (Å²) in [5.41, 5.74) is 1.34. The fraction of sp³-hybridized carbons (Fsp3) is 0.400. The van der Waals surface area contributed by atoms with Crippen LogP contribution in [0.25, 0.3) is 10.2 Å². The molecule has 2 heterocycles. The van der Waals surface area contributed by atoms with Crippen LogP contribution in [0.5, 0.6) is 0 Å². The number of aryl methyl sites for hydroxylation is 3. The maximum absolute atomic E-state index is 13.0. The third-order valence-corrected chi connectivity index (χ3v) is 7.67. The number of hydrogen-bond acceptors (Lipinski definition) is 6.